The van der Waals surface area contributed by atoms with Gasteiger partial charge in [-0.15, -0.1) is 0 Å². The van der Waals surface area contributed by atoms with Crippen molar-refractivity contribution >= 4 is 0 Å². The van der Waals surface area contributed by atoms with E-state index in [0.717, 1.165) is 16.9 Å². The van der Waals surface area contributed by atoms with Gasteiger partial charge < -0.3 is 15.2 Å². The quantitative estimate of drug-likeness (QED) is 0.855. The molecule has 21 heavy (non-hydrogen) atoms. The molecule has 0 amide bonds. The Hall–Kier alpha value is -1.84. The number of rotatable bonds is 6. The minimum absolute atomic E-state index is 0.0580. The van der Waals surface area contributed by atoms with Gasteiger partial charge in [0.15, 0.2) is 0 Å². The molecule has 0 heterocycles. The fourth-order valence-electron chi connectivity index (χ4n) is 2.52. The predicted octanol–water partition coefficient (Wildman–Crippen LogP) is 3.39. The van der Waals surface area contributed by atoms with E-state index < -0.39 is 0 Å². The molecule has 0 fully saturated rings. The molecule has 0 bridgehead atoms. The molecule has 0 radical (unpaired) electrons. The van der Waals surface area contributed by atoms with Gasteiger partial charge in [0.1, 0.15) is 5.75 Å². The molecule has 2 aromatic carbocycles. The van der Waals surface area contributed by atoms with Crippen molar-refractivity contribution in [2.24, 2.45) is 0 Å². The van der Waals surface area contributed by atoms with Gasteiger partial charge in [0.25, 0.3) is 0 Å². The van der Waals surface area contributed by atoms with Crippen LogP contribution in [0.15, 0.2) is 48.5 Å². The molecule has 3 heteroatoms. The van der Waals surface area contributed by atoms with Crippen LogP contribution in [0.4, 0.5) is 0 Å². The Morgan fingerprint density at radius 3 is 2.48 bits per heavy atom. The lowest BCUT2D eigenvalue weighted by molar-refractivity contribution is 0.234. The number of hydrogen-bond donors (Lipinski definition) is 2. The van der Waals surface area contributed by atoms with Crippen molar-refractivity contribution in [2.45, 2.75) is 25.9 Å². The monoisotopic (exact) mass is 285 g/mol. The summed E-state index contributed by atoms with van der Waals surface area (Å²) in [4.78, 5) is 0. The van der Waals surface area contributed by atoms with Gasteiger partial charge >= 0.3 is 0 Å². The molecule has 0 saturated carbocycles. The van der Waals surface area contributed by atoms with E-state index >= 15 is 0 Å². The van der Waals surface area contributed by atoms with Crippen LogP contribution in [0.3, 0.4) is 0 Å². The van der Waals surface area contributed by atoms with Crippen LogP contribution >= 0.6 is 0 Å². The van der Waals surface area contributed by atoms with Crippen molar-refractivity contribution in [3.8, 4) is 5.75 Å². The van der Waals surface area contributed by atoms with Gasteiger partial charge in [-0.1, -0.05) is 48.0 Å². The zero-order chi connectivity index (χ0) is 15.2. The highest BCUT2D eigenvalue weighted by Gasteiger charge is 2.17. The van der Waals surface area contributed by atoms with Gasteiger partial charge in [-0.05, 0) is 25.5 Å². The minimum atomic E-state index is -0.0913. The third-order valence-corrected chi connectivity index (χ3v) is 3.69. The Labute approximate surface area is 126 Å². The Morgan fingerprint density at radius 1 is 1.14 bits per heavy atom. The maximum Gasteiger partial charge on any atom is 0.123 e. The smallest absolute Gasteiger partial charge is 0.123 e. The molecule has 0 aliphatic heterocycles. The van der Waals surface area contributed by atoms with E-state index in [1.165, 1.54) is 5.56 Å². The van der Waals surface area contributed by atoms with Gasteiger partial charge in [-0.2, -0.15) is 0 Å². The van der Waals surface area contributed by atoms with Crippen LogP contribution in [0.25, 0.3) is 0 Å². The Bertz CT molecular complexity index is 569. The van der Waals surface area contributed by atoms with Gasteiger partial charge in [0.05, 0.1) is 19.8 Å². The van der Waals surface area contributed by atoms with Gasteiger partial charge in [-0.3, -0.25) is 0 Å². The minimum Gasteiger partial charge on any atom is -0.496 e. The van der Waals surface area contributed by atoms with Crippen molar-refractivity contribution in [3.63, 3.8) is 0 Å². The molecule has 1 unspecified atom stereocenters. The zero-order valence-corrected chi connectivity index (χ0v) is 12.8. The highest BCUT2D eigenvalue weighted by atomic mass is 16.5. The van der Waals surface area contributed by atoms with E-state index in [1.807, 2.05) is 42.5 Å². The normalized spacial score (nSPS) is 13.7. The van der Waals surface area contributed by atoms with Crippen LogP contribution in [-0.4, -0.2) is 18.8 Å². The van der Waals surface area contributed by atoms with Crippen LogP contribution in [0.1, 0.15) is 35.7 Å². The molecule has 2 atom stereocenters. The summed E-state index contributed by atoms with van der Waals surface area (Å²) in [5.41, 5.74) is 3.38. The molecule has 0 spiro atoms. The van der Waals surface area contributed by atoms with E-state index in [9.17, 15) is 5.11 Å². The summed E-state index contributed by atoms with van der Waals surface area (Å²) in [6, 6.07) is 16.1. The van der Waals surface area contributed by atoms with E-state index in [1.54, 1.807) is 7.11 Å². The molecule has 0 aromatic heterocycles. The number of benzene rings is 2. The highest BCUT2D eigenvalue weighted by molar-refractivity contribution is 5.39. The number of aryl methyl sites for hydroxylation is 1. The van der Waals surface area contributed by atoms with Crippen molar-refractivity contribution in [1.29, 1.82) is 0 Å². The summed E-state index contributed by atoms with van der Waals surface area (Å²) in [5, 5.41) is 13.1. The fraction of sp³-hybridized carbons (Fsp3) is 0.333. The number of hydrogen-bond acceptors (Lipinski definition) is 3. The summed E-state index contributed by atoms with van der Waals surface area (Å²) in [6.45, 7) is 4.21. The molecular weight excluding hydrogens is 262 g/mol. The molecule has 3 nitrogen and oxygen atoms in total. The first-order valence-electron chi connectivity index (χ1n) is 7.22. The fourth-order valence-corrected chi connectivity index (χ4v) is 2.52. The van der Waals surface area contributed by atoms with E-state index in [-0.39, 0.29) is 18.7 Å². The summed E-state index contributed by atoms with van der Waals surface area (Å²) in [5.74, 6) is 0.866. The predicted molar refractivity (Wildman–Crippen MR) is 85.6 cm³/mol. The largest absolute Gasteiger partial charge is 0.496 e. The van der Waals surface area contributed by atoms with Gasteiger partial charge in [-0.25, -0.2) is 0 Å². The standard InChI is InChI=1S/C18H23NO2/c1-13-9-10-18(21-3)16(11-13)14(2)19-17(12-20)15-7-5-4-6-8-15/h4-11,14,17,19-20H,12H2,1-3H3/t14?,17-/m1/s1. The zero-order valence-electron chi connectivity index (χ0n) is 12.8. The Balaban J connectivity index is 2.20. The molecular formula is C18H23NO2. The number of nitrogens with one attached hydrogen (secondary N) is 1. The van der Waals surface area contributed by atoms with Crippen molar-refractivity contribution in [1.82, 2.24) is 5.32 Å². The molecule has 0 aliphatic carbocycles. The summed E-state index contributed by atoms with van der Waals surface area (Å²) in [6.07, 6.45) is 0. The van der Waals surface area contributed by atoms with E-state index in [0.29, 0.717) is 0 Å². The molecule has 0 saturated heterocycles. The van der Waals surface area contributed by atoms with Crippen LogP contribution < -0.4 is 10.1 Å². The lowest BCUT2D eigenvalue weighted by Gasteiger charge is -2.24. The number of aliphatic hydroxyl groups excluding tert-OH is 1. The first-order valence-corrected chi connectivity index (χ1v) is 7.22. The van der Waals surface area contributed by atoms with Crippen LogP contribution in [0.5, 0.6) is 5.75 Å². The second-order valence-electron chi connectivity index (χ2n) is 5.28. The molecule has 0 aliphatic rings. The molecule has 2 N–H and O–H groups in total. The lowest BCUT2D eigenvalue weighted by atomic mass is 10.0. The highest BCUT2D eigenvalue weighted by Crippen LogP contribution is 2.28. The lowest BCUT2D eigenvalue weighted by Crippen LogP contribution is -2.27. The van der Waals surface area contributed by atoms with Gasteiger partial charge in [0.2, 0.25) is 0 Å². The third-order valence-electron chi connectivity index (χ3n) is 3.69. The van der Waals surface area contributed by atoms with Crippen molar-refractivity contribution in [2.75, 3.05) is 13.7 Å². The maximum absolute atomic E-state index is 9.66. The maximum atomic E-state index is 9.66. The van der Waals surface area contributed by atoms with Gasteiger partial charge in [0, 0.05) is 11.6 Å². The average molecular weight is 285 g/mol. The number of aliphatic hydroxyl groups is 1. The summed E-state index contributed by atoms with van der Waals surface area (Å²) in [7, 11) is 1.68. The van der Waals surface area contributed by atoms with Crippen LogP contribution in [-0.2, 0) is 0 Å². The summed E-state index contributed by atoms with van der Waals surface area (Å²) >= 11 is 0. The average Bonchev–Trinajstić information content (AvgIpc) is 2.53. The first-order chi connectivity index (χ1) is 10.2. The van der Waals surface area contributed by atoms with E-state index in [2.05, 4.69) is 25.2 Å². The SMILES string of the molecule is COc1ccc(C)cc1C(C)N[C@H](CO)c1ccccc1. The molecule has 112 valence electrons. The first kappa shape index (κ1) is 15.5. The van der Waals surface area contributed by atoms with E-state index in [4.69, 9.17) is 4.74 Å². The molecule has 2 rings (SSSR count). The topological polar surface area (TPSA) is 41.5 Å². The third kappa shape index (κ3) is 3.84. The Morgan fingerprint density at radius 2 is 1.86 bits per heavy atom. The molecule has 2 aromatic rings. The Kier molecular flexibility index (Phi) is 5.37. The second-order valence-corrected chi connectivity index (χ2v) is 5.28. The van der Waals surface area contributed by atoms with Crippen LogP contribution in [0, 0.1) is 6.92 Å². The second kappa shape index (κ2) is 7.25. The summed E-state index contributed by atoms with van der Waals surface area (Å²) < 4.78 is 5.44. The van der Waals surface area contributed by atoms with Crippen molar-refractivity contribution < 1.29 is 9.84 Å². The van der Waals surface area contributed by atoms with Crippen molar-refractivity contribution in [3.05, 3.63) is 65.2 Å². The number of ether oxygens (including phenoxy) is 1. The van der Waals surface area contributed by atoms with Crippen LogP contribution in [0.2, 0.25) is 0 Å². The number of methoxy groups -OCH3 is 1.